The molecular weight excluding hydrogens is 340 g/mol. The van der Waals surface area contributed by atoms with Gasteiger partial charge >= 0.3 is 5.97 Å². The van der Waals surface area contributed by atoms with Gasteiger partial charge in [0.05, 0.1) is 17.4 Å². The zero-order valence-electron chi connectivity index (χ0n) is 13.3. The van der Waals surface area contributed by atoms with Crippen LogP contribution in [0.4, 0.5) is 0 Å². The van der Waals surface area contributed by atoms with Crippen LogP contribution in [0.2, 0.25) is 5.15 Å². The predicted molar refractivity (Wildman–Crippen MR) is 91.3 cm³/mol. The fourth-order valence-electron chi connectivity index (χ4n) is 4.12. The highest BCUT2D eigenvalue weighted by atomic mass is 35.5. The number of halogens is 1. The van der Waals surface area contributed by atoms with E-state index in [9.17, 15) is 4.79 Å². The first kappa shape index (κ1) is 14.8. The molecule has 0 N–H and O–H groups in total. The van der Waals surface area contributed by atoms with Crippen LogP contribution >= 0.6 is 11.6 Å². The zero-order valence-corrected chi connectivity index (χ0v) is 14.1. The first-order valence-electron chi connectivity index (χ1n) is 8.27. The lowest BCUT2D eigenvalue weighted by Gasteiger charge is -2.19. The molecular formula is C18H15ClN4O2. The maximum absolute atomic E-state index is 12.3. The SMILES string of the molecule is O=C(O[C@@H]1C[C@H]2C[C@@]2(n2cnc3c(Cl)ncnc32)C1)c1ccccc1. The Morgan fingerprint density at radius 1 is 1.20 bits per heavy atom. The highest BCUT2D eigenvalue weighted by Crippen LogP contribution is 2.62. The monoisotopic (exact) mass is 354 g/mol. The van der Waals surface area contributed by atoms with Crippen molar-refractivity contribution in [3.63, 3.8) is 0 Å². The summed E-state index contributed by atoms with van der Waals surface area (Å²) in [6.07, 6.45) is 5.87. The van der Waals surface area contributed by atoms with E-state index in [1.165, 1.54) is 6.33 Å². The molecule has 1 aromatic carbocycles. The molecule has 2 saturated carbocycles. The van der Waals surface area contributed by atoms with E-state index in [1.807, 2.05) is 18.2 Å². The second-order valence-electron chi connectivity index (χ2n) is 6.79. The number of rotatable bonds is 3. The van der Waals surface area contributed by atoms with Crippen LogP contribution in [0, 0.1) is 5.92 Å². The van der Waals surface area contributed by atoms with Gasteiger partial charge in [-0.3, -0.25) is 0 Å². The number of nitrogens with zero attached hydrogens (tertiary/aromatic N) is 4. The molecule has 2 fully saturated rings. The number of imidazole rings is 1. The molecule has 2 aliphatic carbocycles. The number of esters is 1. The van der Waals surface area contributed by atoms with E-state index in [2.05, 4.69) is 19.5 Å². The molecule has 0 aliphatic heterocycles. The number of carbonyl (C=O) groups excluding carboxylic acids is 1. The van der Waals surface area contributed by atoms with Crippen molar-refractivity contribution in [3.05, 3.63) is 53.7 Å². The van der Waals surface area contributed by atoms with Gasteiger partial charge in [0.15, 0.2) is 10.8 Å². The maximum atomic E-state index is 12.3. The summed E-state index contributed by atoms with van der Waals surface area (Å²) in [5, 5.41) is 0.363. The predicted octanol–water partition coefficient (Wildman–Crippen LogP) is 3.21. The van der Waals surface area contributed by atoms with Crippen LogP contribution in [0.1, 0.15) is 29.6 Å². The summed E-state index contributed by atoms with van der Waals surface area (Å²) in [6, 6.07) is 9.11. The molecule has 0 spiro atoms. The molecule has 3 aromatic rings. The molecule has 25 heavy (non-hydrogen) atoms. The molecule has 5 rings (SSSR count). The van der Waals surface area contributed by atoms with Crippen LogP contribution in [-0.4, -0.2) is 31.6 Å². The first-order valence-corrected chi connectivity index (χ1v) is 8.65. The van der Waals surface area contributed by atoms with Crippen molar-refractivity contribution in [3.8, 4) is 0 Å². The Morgan fingerprint density at radius 3 is 2.88 bits per heavy atom. The summed E-state index contributed by atoms with van der Waals surface area (Å²) in [4.78, 5) is 25.0. The number of hydrogen-bond acceptors (Lipinski definition) is 5. The first-order chi connectivity index (χ1) is 12.2. The van der Waals surface area contributed by atoms with Gasteiger partial charge in [0.2, 0.25) is 0 Å². The van der Waals surface area contributed by atoms with Crippen molar-refractivity contribution in [2.45, 2.75) is 30.9 Å². The van der Waals surface area contributed by atoms with Crippen LogP contribution in [0.25, 0.3) is 11.2 Å². The van der Waals surface area contributed by atoms with E-state index < -0.39 is 0 Å². The maximum Gasteiger partial charge on any atom is 0.338 e. The van der Waals surface area contributed by atoms with Gasteiger partial charge in [-0.25, -0.2) is 19.7 Å². The average Bonchev–Trinajstić information content (AvgIpc) is 2.98. The van der Waals surface area contributed by atoms with Crippen LogP contribution in [0.3, 0.4) is 0 Å². The van der Waals surface area contributed by atoms with Gasteiger partial charge in [-0.1, -0.05) is 29.8 Å². The Balaban J connectivity index is 1.38. The van der Waals surface area contributed by atoms with E-state index >= 15 is 0 Å². The van der Waals surface area contributed by atoms with Crippen LogP contribution in [0.15, 0.2) is 43.0 Å². The van der Waals surface area contributed by atoms with Crippen molar-refractivity contribution in [1.29, 1.82) is 0 Å². The summed E-state index contributed by atoms with van der Waals surface area (Å²) in [6.45, 7) is 0. The van der Waals surface area contributed by atoms with Crippen LogP contribution < -0.4 is 0 Å². The Morgan fingerprint density at radius 2 is 2.04 bits per heavy atom. The molecule has 0 amide bonds. The standard InChI is InChI=1S/C18H15ClN4O2/c19-15-14-16(21-9-20-15)23(10-22-14)18-7-12(18)6-13(8-18)25-17(24)11-4-2-1-3-5-11/h1-5,9-10,12-13H,6-8H2/t12-,13+,18+/m0/s1. The molecule has 6 nitrogen and oxygen atoms in total. The lowest BCUT2D eigenvalue weighted by molar-refractivity contribution is 0.0278. The van der Waals surface area contributed by atoms with Crippen LogP contribution in [0.5, 0.6) is 0 Å². The Bertz CT molecular complexity index is 974. The number of aromatic nitrogens is 4. The van der Waals surface area contributed by atoms with Crippen molar-refractivity contribution < 1.29 is 9.53 Å². The lowest BCUT2D eigenvalue weighted by Crippen LogP contribution is -2.22. The van der Waals surface area contributed by atoms with Gasteiger partial charge in [-0.15, -0.1) is 0 Å². The molecule has 126 valence electrons. The van der Waals surface area contributed by atoms with E-state index in [1.54, 1.807) is 18.5 Å². The molecule has 0 radical (unpaired) electrons. The number of fused-ring (bicyclic) bond motifs is 2. The number of hydrogen-bond donors (Lipinski definition) is 0. The second-order valence-corrected chi connectivity index (χ2v) is 7.15. The third-order valence-electron chi connectivity index (χ3n) is 5.38. The van der Waals surface area contributed by atoms with Crippen molar-refractivity contribution in [2.75, 3.05) is 0 Å². The lowest BCUT2D eigenvalue weighted by atomic mass is 10.1. The molecule has 0 saturated heterocycles. The van der Waals surface area contributed by atoms with Crippen LogP contribution in [-0.2, 0) is 10.3 Å². The highest BCUT2D eigenvalue weighted by Gasteiger charge is 2.63. The normalized spacial score (nSPS) is 27.2. The molecule has 0 bridgehead atoms. The summed E-state index contributed by atoms with van der Waals surface area (Å²) in [5.74, 6) is 0.218. The van der Waals surface area contributed by atoms with Gasteiger partial charge in [0.25, 0.3) is 0 Å². The molecule has 0 unspecified atom stereocenters. The zero-order chi connectivity index (χ0) is 17.0. The number of ether oxygens (including phenoxy) is 1. The Labute approximate surface area is 148 Å². The third kappa shape index (κ3) is 2.24. The molecule has 2 heterocycles. The fraction of sp³-hybridized carbons (Fsp3) is 0.333. The highest BCUT2D eigenvalue weighted by molar-refractivity contribution is 6.33. The van der Waals surface area contributed by atoms with Gasteiger partial charge in [0.1, 0.15) is 17.9 Å². The van der Waals surface area contributed by atoms with E-state index in [0.717, 1.165) is 24.9 Å². The Hall–Kier alpha value is -2.47. The average molecular weight is 355 g/mol. The second kappa shape index (κ2) is 5.26. The van der Waals surface area contributed by atoms with E-state index in [4.69, 9.17) is 16.3 Å². The topological polar surface area (TPSA) is 69.9 Å². The minimum atomic E-state index is -0.261. The van der Waals surface area contributed by atoms with Crippen molar-refractivity contribution in [1.82, 2.24) is 19.5 Å². The van der Waals surface area contributed by atoms with E-state index in [0.29, 0.717) is 22.2 Å². The number of benzene rings is 1. The van der Waals surface area contributed by atoms with Gasteiger partial charge in [-0.05, 0) is 30.9 Å². The summed E-state index contributed by atoms with van der Waals surface area (Å²) >= 11 is 6.11. The minimum Gasteiger partial charge on any atom is -0.459 e. The smallest absolute Gasteiger partial charge is 0.338 e. The summed E-state index contributed by atoms with van der Waals surface area (Å²) in [7, 11) is 0. The van der Waals surface area contributed by atoms with Crippen molar-refractivity contribution in [2.24, 2.45) is 5.92 Å². The summed E-state index contributed by atoms with van der Waals surface area (Å²) < 4.78 is 7.82. The van der Waals surface area contributed by atoms with Gasteiger partial charge < -0.3 is 9.30 Å². The molecule has 2 aromatic heterocycles. The minimum absolute atomic E-state index is 0.0614. The largest absolute Gasteiger partial charge is 0.459 e. The van der Waals surface area contributed by atoms with Crippen molar-refractivity contribution >= 4 is 28.7 Å². The quantitative estimate of drug-likeness (QED) is 0.533. The number of carbonyl (C=O) groups is 1. The Kier molecular flexibility index (Phi) is 3.12. The summed E-state index contributed by atoms with van der Waals surface area (Å²) in [5.41, 5.74) is 1.89. The van der Waals surface area contributed by atoms with Gasteiger partial charge in [-0.2, -0.15) is 0 Å². The molecule has 2 aliphatic rings. The molecule has 3 atom stereocenters. The fourth-order valence-corrected chi connectivity index (χ4v) is 4.30. The molecule has 7 heteroatoms. The third-order valence-corrected chi connectivity index (χ3v) is 5.66. The van der Waals surface area contributed by atoms with E-state index in [-0.39, 0.29) is 17.6 Å². The van der Waals surface area contributed by atoms with Gasteiger partial charge in [0, 0.05) is 6.42 Å².